The molecule has 0 aliphatic heterocycles. The summed E-state index contributed by atoms with van der Waals surface area (Å²) in [5.74, 6) is 0.272. The molecule has 7 nitrogen and oxygen atoms in total. The molecule has 3 aromatic carbocycles. The highest BCUT2D eigenvalue weighted by molar-refractivity contribution is 7.22. The highest BCUT2D eigenvalue weighted by atomic mass is 32.1. The number of nitro benzene ring substituents is 1. The predicted molar refractivity (Wildman–Crippen MR) is 121 cm³/mol. The summed E-state index contributed by atoms with van der Waals surface area (Å²) in [7, 11) is 1.58. The fraction of sp³-hybridized carbons (Fsp3) is 0.130. The molecule has 0 saturated carbocycles. The van der Waals surface area contributed by atoms with Crippen molar-refractivity contribution in [1.29, 1.82) is 0 Å². The number of nitrogens with zero attached hydrogens (tertiary/aromatic N) is 3. The van der Waals surface area contributed by atoms with Crippen LogP contribution in [-0.4, -0.2) is 22.9 Å². The van der Waals surface area contributed by atoms with Gasteiger partial charge >= 0.3 is 0 Å². The lowest BCUT2D eigenvalue weighted by atomic mass is 10.1. The molecule has 0 bridgehead atoms. The van der Waals surface area contributed by atoms with Crippen molar-refractivity contribution in [2.24, 2.45) is 0 Å². The number of non-ortho nitro benzene ring substituents is 1. The van der Waals surface area contributed by atoms with Gasteiger partial charge in [0, 0.05) is 17.7 Å². The first-order valence-electron chi connectivity index (χ1n) is 9.52. The summed E-state index contributed by atoms with van der Waals surface area (Å²) in [6.45, 7) is 2.26. The van der Waals surface area contributed by atoms with Crippen LogP contribution in [0.15, 0.2) is 66.7 Å². The summed E-state index contributed by atoms with van der Waals surface area (Å²) >= 11 is 1.39. The number of carbonyl (C=O) groups is 1. The van der Waals surface area contributed by atoms with Crippen LogP contribution in [-0.2, 0) is 6.54 Å². The molecule has 31 heavy (non-hydrogen) atoms. The number of thiazole rings is 1. The van der Waals surface area contributed by atoms with E-state index >= 15 is 0 Å². The number of rotatable bonds is 6. The van der Waals surface area contributed by atoms with Gasteiger partial charge in [-0.15, -0.1) is 0 Å². The van der Waals surface area contributed by atoms with Crippen molar-refractivity contribution < 1.29 is 14.5 Å². The van der Waals surface area contributed by atoms with Crippen molar-refractivity contribution >= 4 is 38.3 Å². The highest BCUT2D eigenvalue weighted by Crippen LogP contribution is 2.37. The van der Waals surface area contributed by atoms with Crippen LogP contribution in [0.4, 0.5) is 10.8 Å². The molecule has 1 aromatic heterocycles. The van der Waals surface area contributed by atoms with Gasteiger partial charge in [0.2, 0.25) is 0 Å². The molecule has 0 unspecified atom stereocenters. The van der Waals surface area contributed by atoms with Gasteiger partial charge in [-0.05, 0) is 30.2 Å². The second-order valence-corrected chi connectivity index (χ2v) is 7.92. The first kappa shape index (κ1) is 20.5. The zero-order valence-corrected chi connectivity index (χ0v) is 17.8. The van der Waals surface area contributed by atoms with Gasteiger partial charge in [0.25, 0.3) is 11.6 Å². The van der Waals surface area contributed by atoms with E-state index in [0.29, 0.717) is 16.4 Å². The van der Waals surface area contributed by atoms with Crippen molar-refractivity contribution in [3.63, 3.8) is 0 Å². The number of anilines is 1. The molecule has 0 fully saturated rings. The quantitative estimate of drug-likeness (QED) is 0.301. The zero-order chi connectivity index (χ0) is 22.0. The Balaban J connectivity index is 1.82. The fourth-order valence-corrected chi connectivity index (χ4v) is 4.33. The van der Waals surface area contributed by atoms with E-state index in [1.54, 1.807) is 18.1 Å². The van der Waals surface area contributed by atoms with Gasteiger partial charge < -0.3 is 4.74 Å². The third kappa shape index (κ3) is 4.10. The maximum atomic E-state index is 13.5. The number of benzene rings is 3. The smallest absolute Gasteiger partial charge is 0.270 e. The van der Waals surface area contributed by atoms with Crippen LogP contribution in [0, 0.1) is 17.0 Å². The molecule has 0 aliphatic carbocycles. The monoisotopic (exact) mass is 433 g/mol. The Morgan fingerprint density at radius 3 is 2.61 bits per heavy atom. The van der Waals surface area contributed by atoms with Crippen LogP contribution < -0.4 is 9.64 Å². The Morgan fingerprint density at radius 2 is 1.90 bits per heavy atom. The normalized spacial score (nSPS) is 10.8. The van der Waals surface area contributed by atoms with Crippen LogP contribution in [0.5, 0.6) is 5.75 Å². The van der Waals surface area contributed by atoms with Crippen LogP contribution in [0.2, 0.25) is 0 Å². The number of hydrogen-bond donors (Lipinski definition) is 0. The maximum absolute atomic E-state index is 13.5. The van der Waals surface area contributed by atoms with Gasteiger partial charge in [-0.25, -0.2) is 4.98 Å². The Labute approximate surface area is 182 Å². The molecule has 4 aromatic rings. The topological polar surface area (TPSA) is 85.6 Å². The molecular weight excluding hydrogens is 414 g/mol. The highest BCUT2D eigenvalue weighted by Gasteiger charge is 2.24. The summed E-state index contributed by atoms with van der Waals surface area (Å²) in [6.07, 6.45) is 0. The van der Waals surface area contributed by atoms with Gasteiger partial charge in [0.15, 0.2) is 5.13 Å². The van der Waals surface area contributed by atoms with Crippen molar-refractivity contribution in [1.82, 2.24) is 4.98 Å². The maximum Gasteiger partial charge on any atom is 0.270 e. The minimum Gasteiger partial charge on any atom is -0.494 e. The summed E-state index contributed by atoms with van der Waals surface area (Å²) in [5, 5.41) is 11.7. The molecule has 0 atom stereocenters. The Morgan fingerprint density at radius 1 is 1.13 bits per heavy atom. The van der Waals surface area contributed by atoms with Crippen LogP contribution in [0.3, 0.4) is 0 Å². The molecule has 0 radical (unpaired) electrons. The number of aryl methyl sites for hydroxylation is 1. The fourth-order valence-electron chi connectivity index (χ4n) is 3.28. The lowest BCUT2D eigenvalue weighted by Gasteiger charge is -2.20. The largest absolute Gasteiger partial charge is 0.494 e. The molecule has 1 amide bonds. The molecule has 4 rings (SSSR count). The first-order valence-corrected chi connectivity index (χ1v) is 10.3. The minimum absolute atomic E-state index is 0.132. The summed E-state index contributed by atoms with van der Waals surface area (Å²) in [4.78, 5) is 30.4. The standard InChI is InChI=1S/C23H19N3O4S/c1-15-11-12-19(30-2)20-21(15)31-23(24-20)25(14-16-7-4-3-5-8-16)22(27)17-9-6-10-18(13-17)26(28)29/h3-13H,14H2,1-2H3. The zero-order valence-electron chi connectivity index (χ0n) is 16.9. The van der Waals surface area contributed by atoms with Crippen molar-refractivity contribution in [2.45, 2.75) is 13.5 Å². The van der Waals surface area contributed by atoms with Crippen LogP contribution in [0.25, 0.3) is 10.2 Å². The average Bonchev–Trinajstić information content (AvgIpc) is 3.24. The molecule has 1 heterocycles. The molecule has 0 N–H and O–H groups in total. The van der Waals surface area contributed by atoms with Gasteiger partial charge in [0.1, 0.15) is 11.3 Å². The third-order valence-electron chi connectivity index (χ3n) is 4.88. The third-order valence-corrected chi connectivity index (χ3v) is 6.09. The predicted octanol–water partition coefficient (Wildman–Crippen LogP) is 5.37. The van der Waals surface area contributed by atoms with Gasteiger partial charge in [-0.3, -0.25) is 19.8 Å². The van der Waals surface area contributed by atoms with E-state index in [9.17, 15) is 14.9 Å². The number of nitro groups is 1. The van der Waals surface area contributed by atoms with Crippen molar-refractivity contribution in [2.75, 3.05) is 12.0 Å². The van der Waals surface area contributed by atoms with E-state index in [2.05, 4.69) is 0 Å². The number of fused-ring (bicyclic) bond motifs is 1. The lowest BCUT2D eigenvalue weighted by molar-refractivity contribution is -0.384. The summed E-state index contributed by atoms with van der Waals surface area (Å²) < 4.78 is 6.38. The SMILES string of the molecule is COc1ccc(C)c2sc(N(Cc3ccccc3)C(=O)c3cccc([N+](=O)[O-])c3)nc12. The Hall–Kier alpha value is -3.78. The van der Waals surface area contributed by atoms with E-state index < -0.39 is 4.92 Å². The van der Waals surface area contributed by atoms with Crippen molar-refractivity contribution in [3.8, 4) is 5.75 Å². The Kier molecular flexibility index (Phi) is 5.64. The van der Waals surface area contributed by atoms with E-state index in [1.807, 2.05) is 49.4 Å². The summed E-state index contributed by atoms with van der Waals surface area (Å²) in [6, 6.07) is 19.1. The Bertz CT molecular complexity index is 1270. The molecule has 0 spiro atoms. The van der Waals surface area contributed by atoms with Gasteiger partial charge in [-0.2, -0.15) is 0 Å². The molecule has 0 saturated heterocycles. The number of aromatic nitrogens is 1. The van der Waals surface area contributed by atoms with Crippen LogP contribution >= 0.6 is 11.3 Å². The number of carbonyl (C=O) groups excluding carboxylic acids is 1. The number of amides is 1. The van der Waals surface area contributed by atoms with E-state index in [0.717, 1.165) is 15.8 Å². The van der Waals surface area contributed by atoms with Gasteiger partial charge in [-0.1, -0.05) is 53.8 Å². The molecule has 8 heteroatoms. The van der Waals surface area contributed by atoms with E-state index in [1.165, 1.54) is 29.5 Å². The van der Waals surface area contributed by atoms with E-state index in [-0.39, 0.29) is 23.7 Å². The first-order chi connectivity index (χ1) is 15.0. The second kappa shape index (κ2) is 8.53. The minimum atomic E-state index is -0.510. The number of methoxy groups -OCH3 is 1. The second-order valence-electron chi connectivity index (χ2n) is 6.94. The number of hydrogen-bond acceptors (Lipinski definition) is 6. The van der Waals surface area contributed by atoms with Gasteiger partial charge in [0.05, 0.1) is 23.3 Å². The molecule has 156 valence electrons. The number of ether oxygens (including phenoxy) is 1. The van der Waals surface area contributed by atoms with Crippen LogP contribution in [0.1, 0.15) is 21.5 Å². The lowest BCUT2D eigenvalue weighted by Crippen LogP contribution is -2.30. The summed E-state index contributed by atoms with van der Waals surface area (Å²) in [5.41, 5.74) is 2.74. The average molecular weight is 433 g/mol. The molecule has 0 aliphatic rings. The van der Waals surface area contributed by atoms with Crippen molar-refractivity contribution in [3.05, 3.63) is 93.5 Å². The molecular formula is C23H19N3O4S. The van der Waals surface area contributed by atoms with E-state index in [4.69, 9.17) is 9.72 Å².